The van der Waals surface area contributed by atoms with Crippen molar-refractivity contribution in [3.05, 3.63) is 24.2 Å². The maximum atomic E-state index is 5.84. The summed E-state index contributed by atoms with van der Waals surface area (Å²) in [5, 5.41) is 0. The van der Waals surface area contributed by atoms with Gasteiger partial charge >= 0.3 is 0 Å². The summed E-state index contributed by atoms with van der Waals surface area (Å²) >= 11 is 0. The average Bonchev–Trinajstić information content (AvgIpc) is 2.91. The van der Waals surface area contributed by atoms with Crippen LogP contribution in [0.25, 0.3) is 0 Å². The molecule has 4 nitrogen and oxygen atoms in total. The number of nitrogens with zero attached hydrogens (tertiary/aromatic N) is 1. The molecule has 0 saturated carbocycles. The number of hydrogen-bond donors (Lipinski definition) is 1. The van der Waals surface area contributed by atoms with Gasteiger partial charge in [0.1, 0.15) is 0 Å². The number of nitrogens with two attached hydrogens (primary N) is 1. The van der Waals surface area contributed by atoms with E-state index in [4.69, 9.17) is 14.9 Å². The van der Waals surface area contributed by atoms with Gasteiger partial charge in [-0.25, -0.2) is 0 Å². The molecule has 4 heteroatoms. The van der Waals surface area contributed by atoms with E-state index in [9.17, 15) is 0 Å². The number of ether oxygens (including phenoxy) is 1. The van der Waals surface area contributed by atoms with Gasteiger partial charge in [-0.3, -0.25) is 4.90 Å². The fraction of sp³-hybridized carbons (Fsp3) is 0.667. The molecule has 0 aromatic carbocycles. The summed E-state index contributed by atoms with van der Waals surface area (Å²) in [4.78, 5) is 2.25. The van der Waals surface area contributed by atoms with Gasteiger partial charge in [0.25, 0.3) is 0 Å². The van der Waals surface area contributed by atoms with Crippen LogP contribution in [0.1, 0.15) is 18.4 Å². The fourth-order valence-electron chi connectivity index (χ4n) is 2.31. The molecule has 0 bridgehead atoms. The molecule has 1 saturated heterocycles. The molecule has 0 amide bonds. The van der Waals surface area contributed by atoms with Crippen molar-refractivity contribution in [1.82, 2.24) is 4.90 Å². The van der Waals surface area contributed by atoms with Crippen LogP contribution in [0.4, 0.5) is 0 Å². The minimum absolute atomic E-state index is 0.293. The van der Waals surface area contributed by atoms with Crippen molar-refractivity contribution in [2.75, 3.05) is 20.2 Å². The van der Waals surface area contributed by atoms with E-state index in [0.717, 1.165) is 26.0 Å². The zero-order valence-electron chi connectivity index (χ0n) is 9.76. The van der Waals surface area contributed by atoms with Crippen molar-refractivity contribution in [1.29, 1.82) is 0 Å². The van der Waals surface area contributed by atoms with E-state index in [0.29, 0.717) is 18.7 Å². The monoisotopic (exact) mass is 224 g/mol. The van der Waals surface area contributed by atoms with Gasteiger partial charge in [0.2, 0.25) is 0 Å². The van der Waals surface area contributed by atoms with Gasteiger partial charge in [-0.05, 0) is 26.0 Å². The molecule has 1 aliphatic heterocycles. The van der Waals surface area contributed by atoms with E-state index in [2.05, 4.69) is 11.9 Å². The highest BCUT2D eigenvalue weighted by atomic mass is 16.5. The highest BCUT2D eigenvalue weighted by Crippen LogP contribution is 2.19. The third-order valence-electron chi connectivity index (χ3n) is 3.21. The lowest BCUT2D eigenvalue weighted by molar-refractivity contribution is 0.0346. The molecule has 1 fully saturated rings. The summed E-state index contributed by atoms with van der Waals surface area (Å²) in [6, 6.07) is 2.29. The van der Waals surface area contributed by atoms with Crippen LogP contribution in [-0.4, -0.2) is 37.2 Å². The Kier molecular flexibility index (Phi) is 3.98. The molecule has 2 heterocycles. The molecule has 2 N–H and O–H groups in total. The number of hydrogen-bond acceptors (Lipinski definition) is 4. The third-order valence-corrected chi connectivity index (χ3v) is 3.21. The molecule has 0 aliphatic carbocycles. The van der Waals surface area contributed by atoms with Crippen LogP contribution >= 0.6 is 0 Å². The minimum atomic E-state index is 0.293. The topological polar surface area (TPSA) is 51.6 Å². The predicted octanol–water partition coefficient (Wildman–Crippen LogP) is 1.22. The van der Waals surface area contributed by atoms with Crippen LogP contribution in [-0.2, 0) is 11.3 Å². The van der Waals surface area contributed by atoms with Gasteiger partial charge in [-0.2, -0.15) is 0 Å². The lowest BCUT2D eigenvalue weighted by atomic mass is 10.1. The van der Waals surface area contributed by atoms with E-state index >= 15 is 0 Å². The summed E-state index contributed by atoms with van der Waals surface area (Å²) in [6.45, 7) is 2.37. The van der Waals surface area contributed by atoms with Crippen LogP contribution in [0.15, 0.2) is 23.0 Å². The summed E-state index contributed by atoms with van der Waals surface area (Å²) < 4.78 is 10.8. The van der Waals surface area contributed by atoms with E-state index in [1.54, 1.807) is 12.5 Å². The molecule has 2 rings (SSSR count). The van der Waals surface area contributed by atoms with Gasteiger partial charge in [0.05, 0.1) is 18.6 Å². The number of rotatable bonds is 5. The smallest absolute Gasteiger partial charge is 0.0947 e. The van der Waals surface area contributed by atoms with Gasteiger partial charge < -0.3 is 14.9 Å². The molecule has 90 valence electrons. The highest BCUT2D eigenvalue weighted by Gasteiger charge is 2.27. The van der Waals surface area contributed by atoms with Gasteiger partial charge in [0.15, 0.2) is 0 Å². The Bertz CT molecular complexity index is 294. The lowest BCUT2D eigenvalue weighted by Crippen LogP contribution is -2.45. The molecule has 1 aromatic heterocycles. The second-order valence-corrected chi connectivity index (χ2v) is 4.40. The zero-order valence-corrected chi connectivity index (χ0v) is 9.76. The van der Waals surface area contributed by atoms with E-state index in [1.807, 2.05) is 6.07 Å². The van der Waals surface area contributed by atoms with Crippen molar-refractivity contribution in [2.45, 2.75) is 31.5 Å². The van der Waals surface area contributed by atoms with Crippen LogP contribution in [0, 0.1) is 0 Å². The Balaban J connectivity index is 1.92. The number of furan rings is 1. The molecule has 2 unspecified atom stereocenters. The SMILES string of the molecule is CN(Cc1ccoc1)C(CN)C1CCCO1. The average molecular weight is 224 g/mol. The summed E-state index contributed by atoms with van der Waals surface area (Å²) in [6.07, 6.45) is 6.05. The Hall–Kier alpha value is -0.840. The van der Waals surface area contributed by atoms with Crippen LogP contribution in [0.5, 0.6) is 0 Å². The van der Waals surface area contributed by atoms with Crippen LogP contribution in [0.3, 0.4) is 0 Å². The van der Waals surface area contributed by atoms with Crippen molar-refractivity contribution >= 4 is 0 Å². The quantitative estimate of drug-likeness (QED) is 0.817. The molecule has 2 atom stereocenters. The van der Waals surface area contributed by atoms with Crippen molar-refractivity contribution in [2.24, 2.45) is 5.73 Å². The second kappa shape index (κ2) is 5.48. The first-order valence-corrected chi connectivity index (χ1v) is 5.84. The first-order chi connectivity index (χ1) is 7.81. The summed E-state index contributed by atoms with van der Waals surface area (Å²) in [7, 11) is 2.09. The Labute approximate surface area is 96.4 Å². The summed E-state index contributed by atoms with van der Waals surface area (Å²) in [5.41, 5.74) is 7.02. The van der Waals surface area contributed by atoms with Crippen molar-refractivity contribution in [3.8, 4) is 0 Å². The lowest BCUT2D eigenvalue weighted by Gasteiger charge is -2.30. The Morgan fingerprint density at radius 2 is 2.50 bits per heavy atom. The molecule has 0 radical (unpaired) electrons. The zero-order chi connectivity index (χ0) is 11.4. The van der Waals surface area contributed by atoms with Crippen LogP contribution < -0.4 is 5.73 Å². The standard InChI is InChI=1S/C12H20N2O2/c1-14(8-10-4-6-15-9-10)11(7-13)12-3-2-5-16-12/h4,6,9,11-12H,2-3,5,7-8,13H2,1H3. The third kappa shape index (κ3) is 2.64. The maximum absolute atomic E-state index is 5.84. The fourth-order valence-corrected chi connectivity index (χ4v) is 2.31. The molecular weight excluding hydrogens is 204 g/mol. The van der Waals surface area contributed by atoms with Gasteiger partial charge in [-0.15, -0.1) is 0 Å². The molecular formula is C12H20N2O2. The predicted molar refractivity (Wildman–Crippen MR) is 62.0 cm³/mol. The van der Waals surface area contributed by atoms with E-state index in [1.165, 1.54) is 5.56 Å². The van der Waals surface area contributed by atoms with Crippen molar-refractivity contribution in [3.63, 3.8) is 0 Å². The minimum Gasteiger partial charge on any atom is -0.472 e. The second-order valence-electron chi connectivity index (χ2n) is 4.40. The van der Waals surface area contributed by atoms with Crippen LogP contribution in [0.2, 0.25) is 0 Å². The molecule has 1 aromatic rings. The Morgan fingerprint density at radius 1 is 1.62 bits per heavy atom. The van der Waals surface area contributed by atoms with Gasteiger partial charge in [0, 0.05) is 31.3 Å². The first-order valence-electron chi connectivity index (χ1n) is 5.84. The molecule has 1 aliphatic rings. The number of likely N-dealkylation sites (N-methyl/N-ethyl adjacent to an activating group) is 1. The van der Waals surface area contributed by atoms with E-state index in [-0.39, 0.29) is 0 Å². The highest BCUT2D eigenvalue weighted by molar-refractivity contribution is 5.05. The first kappa shape index (κ1) is 11.6. The molecule has 16 heavy (non-hydrogen) atoms. The summed E-state index contributed by atoms with van der Waals surface area (Å²) in [5.74, 6) is 0. The van der Waals surface area contributed by atoms with Gasteiger partial charge in [-0.1, -0.05) is 0 Å². The van der Waals surface area contributed by atoms with E-state index < -0.39 is 0 Å². The maximum Gasteiger partial charge on any atom is 0.0947 e. The normalized spacial score (nSPS) is 22.8. The Morgan fingerprint density at radius 3 is 3.06 bits per heavy atom. The van der Waals surface area contributed by atoms with Crippen molar-refractivity contribution < 1.29 is 9.15 Å². The largest absolute Gasteiger partial charge is 0.472 e. The molecule has 0 spiro atoms.